The van der Waals surface area contributed by atoms with E-state index in [9.17, 15) is 13.2 Å². The highest BCUT2D eigenvalue weighted by atomic mass is 32.2. The molecule has 2 aromatic carbocycles. The number of rotatable bonds is 6. The molecule has 7 nitrogen and oxygen atoms in total. The molecule has 0 aliphatic rings. The highest BCUT2D eigenvalue weighted by molar-refractivity contribution is 7.89. The van der Waals surface area contributed by atoms with Crippen molar-refractivity contribution in [1.82, 2.24) is 14.3 Å². The highest BCUT2D eigenvalue weighted by Crippen LogP contribution is 2.19. The van der Waals surface area contributed by atoms with Gasteiger partial charge in [0.1, 0.15) is 0 Å². The van der Waals surface area contributed by atoms with Crippen LogP contribution in [-0.4, -0.2) is 31.0 Å². The monoisotopic (exact) mass is 385 g/mol. The average molecular weight is 385 g/mol. The van der Waals surface area contributed by atoms with Crippen molar-refractivity contribution in [3.63, 3.8) is 0 Å². The largest absolute Gasteiger partial charge is 0.465 e. The predicted molar refractivity (Wildman–Crippen MR) is 100 cm³/mol. The minimum absolute atomic E-state index is 0.0806. The number of benzene rings is 2. The second-order valence-electron chi connectivity index (χ2n) is 5.92. The summed E-state index contributed by atoms with van der Waals surface area (Å²) >= 11 is 0. The fraction of sp³-hybridized carbons (Fsp3) is 0.158. The number of nitrogens with zero attached hydrogens (tertiary/aromatic N) is 2. The summed E-state index contributed by atoms with van der Waals surface area (Å²) in [6.07, 6.45) is 5.22. The molecule has 27 heavy (non-hydrogen) atoms. The number of hydrogen-bond donors (Lipinski definition) is 1. The van der Waals surface area contributed by atoms with E-state index in [1.54, 1.807) is 19.4 Å². The summed E-state index contributed by atoms with van der Waals surface area (Å²) < 4.78 is 34.3. The summed E-state index contributed by atoms with van der Waals surface area (Å²) in [6.45, 7) is 1.77. The molecular formula is C19H19N3O4S. The molecular weight excluding hydrogens is 366 g/mol. The lowest BCUT2D eigenvalue weighted by Gasteiger charge is -2.15. The standard InChI is InChI=1S/C19H19N3O4S/c1-14(15-3-7-17(8-4-15)22-12-11-20-13-22)21-27(24,25)18-9-5-16(6-10-18)19(23)26-2/h3-14,21H,1-2H3/t14-/m0/s1. The van der Waals surface area contributed by atoms with Gasteiger partial charge in [0, 0.05) is 24.1 Å². The molecule has 0 bridgehead atoms. The van der Waals surface area contributed by atoms with Crippen LogP contribution < -0.4 is 4.72 Å². The Kier molecular flexibility index (Phi) is 5.38. The minimum Gasteiger partial charge on any atom is -0.465 e. The molecule has 0 saturated carbocycles. The van der Waals surface area contributed by atoms with Gasteiger partial charge in [0.2, 0.25) is 10.0 Å². The summed E-state index contributed by atoms with van der Waals surface area (Å²) in [7, 11) is -2.46. The lowest BCUT2D eigenvalue weighted by molar-refractivity contribution is 0.0600. The summed E-state index contributed by atoms with van der Waals surface area (Å²) in [4.78, 5) is 15.5. The first kappa shape index (κ1) is 18.8. The number of carbonyl (C=O) groups excluding carboxylic acids is 1. The number of esters is 1. The molecule has 1 atom stereocenters. The van der Waals surface area contributed by atoms with Crippen LogP contribution in [-0.2, 0) is 14.8 Å². The Balaban J connectivity index is 1.74. The zero-order valence-corrected chi connectivity index (χ0v) is 15.7. The third kappa shape index (κ3) is 4.24. The highest BCUT2D eigenvalue weighted by Gasteiger charge is 2.19. The van der Waals surface area contributed by atoms with Gasteiger partial charge >= 0.3 is 5.97 Å². The van der Waals surface area contributed by atoms with Crippen LogP contribution in [0.15, 0.2) is 72.1 Å². The predicted octanol–water partition coefficient (Wildman–Crippen LogP) is 2.70. The van der Waals surface area contributed by atoms with Gasteiger partial charge in [-0.05, 0) is 48.9 Å². The van der Waals surface area contributed by atoms with Crippen molar-refractivity contribution in [3.8, 4) is 5.69 Å². The number of imidazole rings is 1. The lowest BCUT2D eigenvalue weighted by atomic mass is 10.1. The van der Waals surface area contributed by atoms with Gasteiger partial charge < -0.3 is 9.30 Å². The van der Waals surface area contributed by atoms with Crippen LogP contribution in [0.5, 0.6) is 0 Å². The van der Waals surface area contributed by atoms with Crippen molar-refractivity contribution in [2.24, 2.45) is 0 Å². The Labute approximate surface area is 157 Å². The normalized spacial score (nSPS) is 12.5. The van der Waals surface area contributed by atoms with E-state index < -0.39 is 22.0 Å². The average Bonchev–Trinajstić information content (AvgIpc) is 3.22. The smallest absolute Gasteiger partial charge is 0.337 e. The van der Waals surface area contributed by atoms with E-state index in [1.807, 2.05) is 35.0 Å². The van der Waals surface area contributed by atoms with E-state index in [0.29, 0.717) is 5.56 Å². The first-order valence-corrected chi connectivity index (χ1v) is 9.68. The van der Waals surface area contributed by atoms with Crippen molar-refractivity contribution < 1.29 is 17.9 Å². The molecule has 3 aromatic rings. The van der Waals surface area contributed by atoms with Gasteiger partial charge in [0.15, 0.2) is 0 Å². The molecule has 1 aromatic heterocycles. The van der Waals surface area contributed by atoms with Crippen LogP contribution >= 0.6 is 0 Å². The van der Waals surface area contributed by atoms with Crippen LogP contribution in [0.1, 0.15) is 28.9 Å². The molecule has 0 saturated heterocycles. The van der Waals surface area contributed by atoms with Gasteiger partial charge in [-0.3, -0.25) is 0 Å². The number of nitrogens with one attached hydrogen (secondary N) is 1. The maximum atomic E-state index is 12.6. The SMILES string of the molecule is COC(=O)c1ccc(S(=O)(=O)N[C@@H](C)c2ccc(-n3ccnc3)cc2)cc1. The van der Waals surface area contributed by atoms with Crippen molar-refractivity contribution in [1.29, 1.82) is 0 Å². The summed E-state index contributed by atoms with van der Waals surface area (Å²) in [5.74, 6) is -0.516. The number of sulfonamides is 1. The van der Waals surface area contributed by atoms with Gasteiger partial charge in [0.25, 0.3) is 0 Å². The Hall–Kier alpha value is -2.97. The van der Waals surface area contributed by atoms with Crippen LogP contribution in [0.3, 0.4) is 0 Å². The van der Waals surface area contributed by atoms with E-state index in [-0.39, 0.29) is 4.90 Å². The number of methoxy groups -OCH3 is 1. The van der Waals surface area contributed by atoms with Crippen molar-refractivity contribution in [2.45, 2.75) is 17.9 Å². The molecule has 0 unspecified atom stereocenters. The zero-order valence-electron chi connectivity index (χ0n) is 14.9. The molecule has 0 aliphatic heterocycles. The molecule has 0 fully saturated rings. The molecule has 0 amide bonds. The quantitative estimate of drug-likeness (QED) is 0.659. The van der Waals surface area contributed by atoms with Crippen LogP contribution in [0.4, 0.5) is 0 Å². The third-order valence-electron chi connectivity index (χ3n) is 4.11. The Morgan fingerprint density at radius 1 is 1.11 bits per heavy atom. The van der Waals surface area contributed by atoms with E-state index in [0.717, 1.165) is 11.3 Å². The Morgan fingerprint density at radius 2 is 1.78 bits per heavy atom. The van der Waals surface area contributed by atoms with Crippen molar-refractivity contribution >= 4 is 16.0 Å². The number of aromatic nitrogens is 2. The lowest BCUT2D eigenvalue weighted by Crippen LogP contribution is -2.27. The second-order valence-corrected chi connectivity index (χ2v) is 7.63. The van der Waals surface area contributed by atoms with Gasteiger partial charge in [-0.25, -0.2) is 22.9 Å². The fourth-order valence-electron chi connectivity index (χ4n) is 2.60. The van der Waals surface area contributed by atoms with Crippen LogP contribution in [0, 0.1) is 0 Å². The second kappa shape index (κ2) is 7.73. The Bertz CT molecular complexity index is 1010. The van der Waals surface area contributed by atoms with Gasteiger partial charge in [0.05, 0.1) is 23.9 Å². The van der Waals surface area contributed by atoms with E-state index >= 15 is 0 Å². The van der Waals surface area contributed by atoms with Gasteiger partial charge in [-0.2, -0.15) is 0 Å². The summed E-state index contributed by atoms with van der Waals surface area (Å²) in [5.41, 5.74) is 2.05. The number of ether oxygens (including phenoxy) is 1. The zero-order chi connectivity index (χ0) is 19.4. The van der Waals surface area contributed by atoms with Crippen LogP contribution in [0.2, 0.25) is 0 Å². The Morgan fingerprint density at radius 3 is 2.33 bits per heavy atom. The number of hydrogen-bond acceptors (Lipinski definition) is 5. The van der Waals surface area contributed by atoms with Gasteiger partial charge in [-0.15, -0.1) is 0 Å². The fourth-order valence-corrected chi connectivity index (χ4v) is 3.84. The molecule has 0 radical (unpaired) electrons. The molecule has 0 spiro atoms. The first-order valence-electron chi connectivity index (χ1n) is 8.20. The molecule has 8 heteroatoms. The van der Waals surface area contributed by atoms with Crippen molar-refractivity contribution in [3.05, 3.63) is 78.4 Å². The maximum absolute atomic E-state index is 12.6. The van der Waals surface area contributed by atoms with Gasteiger partial charge in [-0.1, -0.05) is 12.1 Å². The maximum Gasteiger partial charge on any atom is 0.337 e. The summed E-state index contributed by atoms with van der Waals surface area (Å²) in [5, 5.41) is 0. The first-order chi connectivity index (χ1) is 12.9. The van der Waals surface area contributed by atoms with E-state index in [4.69, 9.17) is 0 Å². The third-order valence-corrected chi connectivity index (χ3v) is 5.67. The molecule has 0 aliphatic carbocycles. The molecule has 3 rings (SSSR count). The van der Waals surface area contributed by atoms with E-state index in [1.165, 1.54) is 31.4 Å². The molecule has 1 heterocycles. The molecule has 140 valence electrons. The minimum atomic E-state index is -3.73. The number of carbonyl (C=O) groups is 1. The topological polar surface area (TPSA) is 90.3 Å². The van der Waals surface area contributed by atoms with Crippen molar-refractivity contribution in [2.75, 3.05) is 7.11 Å². The summed E-state index contributed by atoms with van der Waals surface area (Å²) in [6, 6.07) is 12.7. The van der Waals surface area contributed by atoms with Crippen LogP contribution in [0.25, 0.3) is 5.69 Å². The molecule has 1 N–H and O–H groups in total. The van der Waals surface area contributed by atoms with E-state index in [2.05, 4.69) is 14.4 Å².